The maximum Gasteiger partial charge on any atom is 0.0230 e. The lowest BCUT2D eigenvalue weighted by atomic mass is 10.2. The van der Waals surface area contributed by atoms with Crippen LogP contribution in [0, 0.1) is 5.41 Å². The van der Waals surface area contributed by atoms with E-state index in [-0.39, 0.29) is 0 Å². The highest BCUT2D eigenvalue weighted by Gasteiger charge is 1.90. The van der Waals surface area contributed by atoms with Gasteiger partial charge in [-0.3, -0.25) is 0 Å². The number of hydrogen-bond donors (Lipinski definition) is 2. The molecule has 0 radical (unpaired) electrons. The second-order valence-electron chi connectivity index (χ2n) is 1.85. The van der Waals surface area contributed by atoms with E-state index in [0.717, 1.165) is 5.57 Å². The average molecular weight is 124 g/mol. The highest BCUT2D eigenvalue weighted by atomic mass is 14.6. The maximum atomic E-state index is 6.88. The first kappa shape index (κ1) is 7.95. The van der Waals surface area contributed by atoms with Gasteiger partial charge in [-0.05, 0) is 18.9 Å². The number of allylic oxidation sites excluding steroid dienone is 3. The van der Waals surface area contributed by atoms with Crippen LogP contribution in [0.25, 0.3) is 0 Å². The van der Waals surface area contributed by atoms with Gasteiger partial charge in [0.2, 0.25) is 0 Å². The summed E-state index contributed by atoms with van der Waals surface area (Å²) >= 11 is 0. The summed E-state index contributed by atoms with van der Waals surface area (Å²) in [6, 6.07) is 0. The van der Waals surface area contributed by atoms with Gasteiger partial charge in [0, 0.05) is 11.9 Å². The fourth-order valence-electron chi connectivity index (χ4n) is 0.489. The van der Waals surface area contributed by atoms with Crippen LogP contribution in [0.4, 0.5) is 0 Å². The smallest absolute Gasteiger partial charge is 0.0230 e. The molecule has 0 aliphatic carbocycles. The molecule has 0 rings (SSSR count). The van der Waals surface area contributed by atoms with Crippen molar-refractivity contribution >= 4 is 6.21 Å². The zero-order valence-electron chi connectivity index (χ0n) is 5.65. The molecule has 0 heterocycles. The van der Waals surface area contributed by atoms with Gasteiger partial charge < -0.3 is 11.1 Å². The van der Waals surface area contributed by atoms with Crippen molar-refractivity contribution in [3.05, 3.63) is 23.9 Å². The lowest BCUT2D eigenvalue weighted by Gasteiger charge is -1.96. The first-order chi connectivity index (χ1) is 4.22. The Balaban J connectivity index is 4.14. The third-order valence-corrected chi connectivity index (χ3v) is 1.04. The summed E-state index contributed by atoms with van der Waals surface area (Å²) in [7, 11) is 0. The molecule has 0 aromatic heterocycles. The van der Waals surface area contributed by atoms with Crippen molar-refractivity contribution in [2.75, 3.05) is 0 Å². The summed E-state index contributed by atoms with van der Waals surface area (Å²) in [4.78, 5) is 0. The Kier molecular flexibility index (Phi) is 3.44. The molecule has 0 saturated heterocycles. The lowest BCUT2D eigenvalue weighted by molar-refractivity contribution is 1.19. The molecule has 0 unspecified atom stereocenters. The maximum absolute atomic E-state index is 6.88. The van der Waals surface area contributed by atoms with E-state index in [0.29, 0.717) is 12.1 Å². The first-order valence-corrected chi connectivity index (χ1v) is 2.79. The molecule has 2 nitrogen and oxygen atoms in total. The van der Waals surface area contributed by atoms with Gasteiger partial charge in [0.1, 0.15) is 0 Å². The molecule has 0 saturated carbocycles. The van der Waals surface area contributed by atoms with Gasteiger partial charge in [-0.25, -0.2) is 0 Å². The second-order valence-corrected chi connectivity index (χ2v) is 1.85. The van der Waals surface area contributed by atoms with Crippen molar-refractivity contribution in [2.45, 2.75) is 13.3 Å². The summed E-state index contributed by atoms with van der Waals surface area (Å²) in [5.41, 5.74) is 6.95. The zero-order chi connectivity index (χ0) is 7.28. The van der Waals surface area contributed by atoms with Gasteiger partial charge in [0.05, 0.1) is 0 Å². The van der Waals surface area contributed by atoms with Crippen molar-refractivity contribution in [1.29, 1.82) is 5.41 Å². The van der Waals surface area contributed by atoms with Crippen LogP contribution in [0.3, 0.4) is 0 Å². The van der Waals surface area contributed by atoms with Crippen molar-refractivity contribution in [3.8, 4) is 0 Å². The Labute approximate surface area is 55.6 Å². The SMILES string of the molecule is C=CC/C(C=N)=C(\C)N. The van der Waals surface area contributed by atoms with Gasteiger partial charge >= 0.3 is 0 Å². The molecular formula is C7H12N2. The summed E-state index contributed by atoms with van der Waals surface area (Å²) in [5.74, 6) is 0. The van der Waals surface area contributed by atoms with E-state index in [1.807, 2.05) is 0 Å². The van der Waals surface area contributed by atoms with E-state index in [4.69, 9.17) is 11.1 Å². The van der Waals surface area contributed by atoms with Gasteiger partial charge in [0.25, 0.3) is 0 Å². The van der Waals surface area contributed by atoms with Gasteiger partial charge in [-0.2, -0.15) is 0 Å². The highest BCUT2D eigenvalue weighted by Crippen LogP contribution is 2.00. The van der Waals surface area contributed by atoms with Crippen LogP contribution >= 0.6 is 0 Å². The van der Waals surface area contributed by atoms with Crippen LogP contribution in [0.15, 0.2) is 23.9 Å². The fourth-order valence-corrected chi connectivity index (χ4v) is 0.489. The molecule has 0 atom stereocenters. The number of hydrogen-bond acceptors (Lipinski definition) is 2. The Morgan fingerprint density at radius 2 is 2.33 bits per heavy atom. The predicted molar refractivity (Wildman–Crippen MR) is 40.5 cm³/mol. The van der Waals surface area contributed by atoms with Gasteiger partial charge in [0.15, 0.2) is 0 Å². The third-order valence-electron chi connectivity index (χ3n) is 1.04. The quantitative estimate of drug-likeness (QED) is 0.434. The first-order valence-electron chi connectivity index (χ1n) is 2.79. The van der Waals surface area contributed by atoms with Crippen LogP contribution in [-0.4, -0.2) is 6.21 Å². The molecule has 0 bridgehead atoms. The van der Waals surface area contributed by atoms with Crippen molar-refractivity contribution in [3.63, 3.8) is 0 Å². The van der Waals surface area contributed by atoms with Crippen molar-refractivity contribution in [1.82, 2.24) is 0 Å². The second kappa shape index (κ2) is 3.89. The Hall–Kier alpha value is -1.05. The third kappa shape index (κ3) is 2.69. The van der Waals surface area contributed by atoms with Gasteiger partial charge in [-0.15, -0.1) is 6.58 Å². The molecule has 0 aliphatic heterocycles. The molecule has 0 aromatic rings. The minimum absolute atomic E-state index is 0.686. The summed E-state index contributed by atoms with van der Waals surface area (Å²) in [6.07, 6.45) is 3.68. The van der Waals surface area contributed by atoms with Crippen LogP contribution in [0.5, 0.6) is 0 Å². The largest absolute Gasteiger partial charge is 0.402 e. The van der Waals surface area contributed by atoms with Crippen molar-refractivity contribution in [2.24, 2.45) is 5.73 Å². The average Bonchev–Trinajstić information content (AvgIpc) is 1.82. The molecule has 2 heteroatoms. The van der Waals surface area contributed by atoms with E-state index in [2.05, 4.69) is 6.58 Å². The van der Waals surface area contributed by atoms with Crippen LogP contribution in [0.2, 0.25) is 0 Å². The predicted octanol–water partition coefficient (Wildman–Crippen LogP) is 1.44. The monoisotopic (exact) mass is 124 g/mol. The number of nitrogens with two attached hydrogens (primary N) is 1. The molecule has 0 fully saturated rings. The van der Waals surface area contributed by atoms with Crippen LogP contribution in [0.1, 0.15) is 13.3 Å². The number of nitrogens with one attached hydrogen (secondary N) is 1. The molecule has 50 valence electrons. The fraction of sp³-hybridized carbons (Fsp3) is 0.286. The topological polar surface area (TPSA) is 49.9 Å². The van der Waals surface area contributed by atoms with Crippen LogP contribution < -0.4 is 5.73 Å². The highest BCUT2D eigenvalue weighted by molar-refractivity contribution is 5.76. The standard InChI is InChI=1S/C7H12N2/c1-3-4-7(5-8)6(2)9/h3,5,8H,1,4,9H2,2H3/b7-6-,8-5?. The van der Waals surface area contributed by atoms with E-state index < -0.39 is 0 Å². The van der Waals surface area contributed by atoms with E-state index >= 15 is 0 Å². The van der Waals surface area contributed by atoms with E-state index in [1.165, 1.54) is 6.21 Å². The van der Waals surface area contributed by atoms with Crippen LogP contribution in [-0.2, 0) is 0 Å². The molecule has 0 aromatic carbocycles. The summed E-state index contributed by atoms with van der Waals surface area (Å²) in [5, 5.41) is 6.88. The lowest BCUT2D eigenvalue weighted by Crippen LogP contribution is -1.97. The molecule has 9 heavy (non-hydrogen) atoms. The molecular weight excluding hydrogens is 112 g/mol. The van der Waals surface area contributed by atoms with Gasteiger partial charge in [-0.1, -0.05) is 6.08 Å². The normalized spacial score (nSPS) is 12.1. The Bertz CT molecular complexity index is 141. The molecule has 3 N–H and O–H groups in total. The molecule has 0 spiro atoms. The Morgan fingerprint density at radius 1 is 1.78 bits per heavy atom. The number of rotatable bonds is 3. The Morgan fingerprint density at radius 3 is 2.44 bits per heavy atom. The van der Waals surface area contributed by atoms with Crippen molar-refractivity contribution < 1.29 is 0 Å². The summed E-state index contributed by atoms with van der Waals surface area (Å²) < 4.78 is 0. The van der Waals surface area contributed by atoms with E-state index in [9.17, 15) is 0 Å². The molecule has 0 aliphatic rings. The summed E-state index contributed by atoms with van der Waals surface area (Å²) in [6.45, 7) is 5.32. The molecule has 0 amide bonds. The zero-order valence-corrected chi connectivity index (χ0v) is 5.65. The minimum atomic E-state index is 0.686. The minimum Gasteiger partial charge on any atom is -0.402 e. The van der Waals surface area contributed by atoms with E-state index in [1.54, 1.807) is 13.0 Å².